The Kier molecular flexibility index (Phi) is 4.82. The van der Waals surface area contributed by atoms with Crippen LogP contribution in [0.5, 0.6) is 0 Å². The minimum absolute atomic E-state index is 0.209. The highest BCUT2D eigenvalue weighted by Crippen LogP contribution is 2.28. The lowest BCUT2D eigenvalue weighted by Gasteiger charge is -2.13. The zero-order chi connectivity index (χ0) is 19.5. The lowest BCUT2D eigenvalue weighted by atomic mass is 10.0. The van der Waals surface area contributed by atoms with Gasteiger partial charge in [-0.25, -0.2) is 4.85 Å². The summed E-state index contributed by atoms with van der Waals surface area (Å²) >= 11 is 0. The second-order valence-corrected chi connectivity index (χ2v) is 6.70. The van der Waals surface area contributed by atoms with Crippen molar-refractivity contribution in [2.24, 2.45) is 0 Å². The molecule has 4 heteroatoms. The van der Waals surface area contributed by atoms with E-state index in [1.807, 2.05) is 43.3 Å². The molecule has 0 aliphatic rings. The molecular weight excluding hydrogens is 348 g/mol. The van der Waals surface area contributed by atoms with Gasteiger partial charge < -0.3 is 9.30 Å². The van der Waals surface area contributed by atoms with Gasteiger partial charge in [-0.3, -0.25) is 4.79 Å². The Balaban J connectivity index is 1.85. The predicted octanol–water partition coefficient (Wildman–Crippen LogP) is 5.50. The molecule has 0 aliphatic heterocycles. The van der Waals surface area contributed by atoms with Gasteiger partial charge in [-0.2, -0.15) is 0 Å². The van der Waals surface area contributed by atoms with Crippen molar-refractivity contribution in [2.45, 2.75) is 19.9 Å². The minimum Gasteiger partial charge on any atom is -0.466 e. The van der Waals surface area contributed by atoms with E-state index < -0.39 is 0 Å². The number of hydrogen-bond acceptors (Lipinski definition) is 2. The topological polar surface area (TPSA) is 35.6 Å². The van der Waals surface area contributed by atoms with Gasteiger partial charge in [0.25, 0.3) is 0 Å². The van der Waals surface area contributed by atoms with Crippen LogP contribution in [0.1, 0.15) is 18.2 Å². The van der Waals surface area contributed by atoms with Crippen molar-refractivity contribution in [2.75, 3.05) is 6.61 Å². The first-order valence-electron chi connectivity index (χ1n) is 9.31. The molecule has 138 valence electrons. The number of hydrogen-bond donors (Lipinski definition) is 0. The first kappa shape index (κ1) is 17.8. The molecule has 0 fully saturated rings. The van der Waals surface area contributed by atoms with Crippen LogP contribution in [0.2, 0.25) is 0 Å². The van der Waals surface area contributed by atoms with E-state index in [1.165, 1.54) is 16.3 Å². The molecule has 0 aliphatic carbocycles. The number of rotatable bonds is 5. The second-order valence-electron chi connectivity index (χ2n) is 6.70. The highest BCUT2D eigenvalue weighted by atomic mass is 16.5. The first-order valence-corrected chi connectivity index (χ1v) is 9.31. The summed E-state index contributed by atoms with van der Waals surface area (Å²) in [7, 11) is 0. The molecule has 4 aromatic rings. The Bertz CT molecular complexity index is 1210. The third-order valence-electron chi connectivity index (χ3n) is 4.94. The Labute approximate surface area is 163 Å². The molecular formula is C24H20N2O2. The van der Waals surface area contributed by atoms with E-state index >= 15 is 0 Å². The Morgan fingerprint density at radius 2 is 1.86 bits per heavy atom. The summed E-state index contributed by atoms with van der Waals surface area (Å²) in [4.78, 5) is 15.7. The normalized spacial score (nSPS) is 10.9. The van der Waals surface area contributed by atoms with E-state index in [4.69, 9.17) is 11.3 Å². The maximum absolute atomic E-state index is 12.1. The molecule has 4 rings (SSSR count). The second kappa shape index (κ2) is 7.58. The average molecular weight is 368 g/mol. The van der Waals surface area contributed by atoms with Crippen LogP contribution < -0.4 is 0 Å². The van der Waals surface area contributed by atoms with E-state index in [0.29, 0.717) is 18.8 Å². The van der Waals surface area contributed by atoms with Gasteiger partial charge in [-0.15, -0.1) is 0 Å². The van der Waals surface area contributed by atoms with E-state index in [0.717, 1.165) is 16.6 Å². The number of fused-ring (bicyclic) bond motifs is 2. The van der Waals surface area contributed by atoms with Crippen LogP contribution in [-0.4, -0.2) is 17.1 Å². The van der Waals surface area contributed by atoms with Crippen molar-refractivity contribution >= 4 is 33.3 Å². The van der Waals surface area contributed by atoms with Crippen molar-refractivity contribution in [3.63, 3.8) is 0 Å². The SMILES string of the molecule is [C-]#[N+]c1ccc2cc(CC(=O)OCC)n(Cc3cccc4ccccc34)c2c1. The van der Waals surface area contributed by atoms with E-state index in [1.54, 1.807) is 0 Å². The van der Waals surface area contributed by atoms with Gasteiger partial charge in [-0.05, 0) is 40.8 Å². The van der Waals surface area contributed by atoms with Crippen LogP contribution in [0.15, 0.2) is 66.7 Å². The molecule has 0 amide bonds. The Morgan fingerprint density at radius 3 is 2.68 bits per heavy atom. The van der Waals surface area contributed by atoms with Crippen LogP contribution >= 0.6 is 0 Å². The molecule has 28 heavy (non-hydrogen) atoms. The summed E-state index contributed by atoms with van der Waals surface area (Å²) in [6, 6.07) is 22.2. The number of aromatic nitrogens is 1. The predicted molar refractivity (Wildman–Crippen MR) is 112 cm³/mol. The van der Waals surface area contributed by atoms with Crippen LogP contribution in [0, 0.1) is 6.57 Å². The average Bonchev–Trinajstić information content (AvgIpc) is 3.04. The summed E-state index contributed by atoms with van der Waals surface area (Å²) in [5.74, 6) is -0.241. The zero-order valence-electron chi connectivity index (χ0n) is 15.7. The van der Waals surface area contributed by atoms with Crippen LogP contribution in [-0.2, 0) is 22.5 Å². The lowest BCUT2D eigenvalue weighted by molar-refractivity contribution is -0.142. The number of carbonyl (C=O) groups is 1. The summed E-state index contributed by atoms with van der Waals surface area (Å²) in [6.07, 6.45) is 0.209. The summed E-state index contributed by atoms with van der Waals surface area (Å²) in [6.45, 7) is 10.1. The molecule has 1 aromatic heterocycles. The fourth-order valence-electron chi connectivity index (χ4n) is 3.66. The van der Waals surface area contributed by atoms with Crippen molar-refractivity contribution in [1.82, 2.24) is 4.57 Å². The molecule has 0 radical (unpaired) electrons. The van der Waals surface area contributed by atoms with Crippen molar-refractivity contribution < 1.29 is 9.53 Å². The first-order chi connectivity index (χ1) is 13.7. The molecule has 1 heterocycles. The maximum Gasteiger partial charge on any atom is 0.311 e. The molecule has 0 saturated heterocycles. The monoisotopic (exact) mass is 368 g/mol. The molecule has 0 atom stereocenters. The van der Waals surface area contributed by atoms with E-state index in [2.05, 4.69) is 39.7 Å². The molecule has 0 spiro atoms. The van der Waals surface area contributed by atoms with Crippen molar-refractivity contribution in [3.8, 4) is 0 Å². The number of benzene rings is 3. The number of esters is 1. The quantitative estimate of drug-likeness (QED) is 0.344. The lowest BCUT2D eigenvalue weighted by Crippen LogP contribution is -2.12. The number of carbonyl (C=O) groups excluding carboxylic acids is 1. The molecule has 3 aromatic carbocycles. The van der Waals surface area contributed by atoms with E-state index in [9.17, 15) is 4.79 Å². The summed E-state index contributed by atoms with van der Waals surface area (Å²) in [5.41, 5.74) is 3.62. The molecule has 0 unspecified atom stereocenters. The Morgan fingerprint density at radius 1 is 1.04 bits per heavy atom. The third-order valence-corrected chi connectivity index (χ3v) is 4.94. The maximum atomic E-state index is 12.1. The van der Waals surface area contributed by atoms with Gasteiger partial charge in [0.05, 0.1) is 19.6 Å². The zero-order valence-corrected chi connectivity index (χ0v) is 15.7. The highest BCUT2D eigenvalue weighted by molar-refractivity contribution is 5.88. The van der Waals surface area contributed by atoms with Crippen molar-refractivity contribution in [3.05, 3.63) is 89.4 Å². The van der Waals surface area contributed by atoms with Crippen LogP contribution in [0.4, 0.5) is 5.69 Å². The van der Waals surface area contributed by atoms with E-state index in [-0.39, 0.29) is 12.4 Å². The number of nitrogens with zero attached hydrogens (tertiary/aromatic N) is 2. The summed E-state index contributed by atoms with van der Waals surface area (Å²) < 4.78 is 7.29. The van der Waals surface area contributed by atoms with Crippen molar-refractivity contribution in [1.29, 1.82) is 0 Å². The minimum atomic E-state index is -0.241. The van der Waals surface area contributed by atoms with Gasteiger partial charge in [0.2, 0.25) is 0 Å². The van der Waals surface area contributed by atoms with Gasteiger partial charge in [0.15, 0.2) is 5.69 Å². The van der Waals surface area contributed by atoms with Crippen LogP contribution in [0.3, 0.4) is 0 Å². The molecule has 0 N–H and O–H groups in total. The molecule has 0 bridgehead atoms. The van der Waals surface area contributed by atoms with Gasteiger partial charge in [0, 0.05) is 17.8 Å². The number of ether oxygens (including phenoxy) is 1. The van der Waals surface area contributed by atoms with Gasteiger partial charge >= 0.3 is 5.97 Å². The van der Waals surface area contributed by atoms with Crippen LogP contribution in [0.25, 0.3) is 26.5 Å². The summed E-state index contributed by atoms with van der Waals surface area (Å²) in [5, 5.41) is 3.40. The third kappa shape index (κ3) is 3.35. The van der Waals surface area contributed by atoms with Gasteiger partial charge in [-0.1, -0.05) is 54.6 Å². The van der Waals surface area contributed by atoms with Gasteiger partial charge in [0.1, 0.15) is 0 Å². The fraction of sp³-hybridized carbons (Fsp3) is 0.167. The molecule has 0 saturated carbocycles. The molecule has 4 nitrogen and oxygen atoms in total. The smallest absolute Gasteiger partial charge is 0.311 e. The Hall–Kier alpha value is -3.58. The highest BCUT2D eigenvalue weighted by Gasteiger charge is 2.15. The standard InChI is InChI=1S/C24H20N2O2/c1-3-28-24(27)15-21-13-18-11-12-20(25-2)14-23(18)26(21)16-19-9-6-8-17-7-4-5-10-22(17)19/h4-14H,3,15-16H2,1H3. The largest absolute Gasteiger partial charge is 0.466 e. The fourth-order valence-corrected chi connectivity index (χ4v) is 3.66.